The summed E-state index contributed by atoms with van der Waals surface area (Å²) >= 11 is 1.64. The molecule has 2 rings (SSSR count). The molecule has 102 valence electrons. The Morgan fingerprint density at radius 1 is 1.26 bits per heavy atom. The van der Waals surface area contributed by atoms with Crippen molar-refractivity contribution in [3.63, 3.8) is 0 Å². The Balaban J connectivity index is 1.75. The maximum absolute atomic E-state index is 8.55. The van der Waals surface area contributed by atoms with Gasteiger partial charge in [0.05, 0.1) is 25.5 Å². The third-order valence-corrected chi connectivity index (χ3v) is 3.42. The molecule has 0 fully saturated rings. The molecule has 2 N–H and O–H groups in total. The molecule has 0 amide bonds. The zero-order valence-corrected chi connectivity index (χ0v) is 11.4. The van der Waals surface area contributed by atoms with Crippen LogP contribution in [0.25, 0.3) is 10.7 Å². The molecule has 0 unspecified atom stereocenters. The molecule has 19 heavy (non-hydrogen) atoms. The minimum absolute atomic E-state index is 0.0717. The quantitative estimate of drug-likeness (QED) is 0.713. The third-order valence-electron chi connectivity index (χ3n) is 2.40. The van der Waals surface area contributed by atoms with Crippen molar-refractivity contribution in [3.8, 4) is 10.7 Å². The summed E-state index contributed by atoms with van der Waals surface area (Å²) in [6.45, 7) is 2.60. The Morgan fingerprint density at radius 2 is 2.21 bits per heavy atom. The summed E-state index contributed by atoms with van der Waals surface area (Å²) in [7, 11) is 0. The summed E-state index contributed by atoms with van der Waals surface area (Å²) in [6.07, 6.45) is 3.64. The molecule has 0 bridgehead atoms. The van der Waals surface area contributed by atoms with Crippen LogP contribution >= 0.6 is 11.3 Å². The zero-order valence-electron chi connectivity index (χ0n) is 10.6. The van der Waals surface area contributed by atoms with E-state index in [1.54, 1.807) is 17.5 Å². The SMILES string of the molecule is OCCOCCNCc1cnc(-c2ccccn2)s1. The highest BCUT2D eigenvalue weighted by atomic mass is 32.1. The first-order chi connectivity index (χ1) is 9.40. The van der Waals surface area contributed by atoms with Crippen molar-refractivity contribution < 1.29 is 9.84 Å². The number of aliphatic hydroxyl groups is 1. The Kier molecular flexibility index (Phi) is 5.90. The molecule has 5 nitrogen and oxygen atoms in total. The number of thiazole rings is 1. The summed E-state index contributed by atoms with van der Waals surface area (Å²) < 4.78 is 5.16. The van der Waals surface area contributed by atoms with Gasteiger partial charge in [0.2, 0.25) is 0 Å². The predicted octanol–water partition coefficient (Wildman–Crippen LogP) is 1.30. The lowest BCUT2D eigenvalue weighted by molar-refractivity contribution is 0.0938. The fourth-order valence-electron chi connectivity index (χ4n) is 1.52. The molecule has 0 aliphatic carbocycles. The van der Waals surface area contributed by atoms with E-state index in [0.717, 1.165) is 23.8 Å². The van der Waals surface area contributed by atoms with E-state index in [1.807, 2.05) is 24.4 Å². The van der Waals surface area contributed by atoms with Crippen LogP contribution in [0, 0.1) is 0 Å². The van der Waals surface area contributed by atoms with E-state index in [4.69, 9.17) is 9.84 Å². The fourth-order valence-corrected chi connectivity index (χ4v) is 2.38. The lowest BCUT2D eigenvalue weighted by Gasteiger charge is -2.03. The summed E-state index contributed by atoms with van der Waals surface area (Å²) in [5.41, 5.74) is 0.907. The largest absolute Gasteiger partial charge is 0.394 e. The van der Waals surface area contributed by atoms with Gasteiger partial charge in [-0.15, -0.1) is 11.3 Å². The predicted molar refractivity (Wildman–Crippen MR) is 75.0 cm³/mol. The Morgan fingerprint density at radius 3 is 3.00 bits per heavy atom. The van der Waals surface area contributed by atoms with E-state index in [0.29, 0.717) is 13.2 Å². The number of rotatable bonds is 8. The Bertz CT molecular complexity index is 476. The Labute approximate surface area is 116 Å². The smallest absolute Gasteiger partial charge is 0.142 e. The first-order valence-corrected chi connectivity index (χ1v) is 6.97. The number of hydrogen-bond acceptors (Lipinski definition) is 6. The number of nitrogens with one attached hydrogen (secondary N) is 1. The van der Waals surface area contributed by atoms with Gasteiger partial charge in [0.1, 0.15) is 5.01 Å². The van der Waals surface area contributed by atoms with Crippen molar-refractivity contribution in [2.24, 2.45) is 0 Å². The second kappa shape index (κ2) is 7.96. The summed E-state index contributed by atoms with van der Waals surface area (Å²) in [4.78, 5) is 9.81. The second-order valence-corrected chi connectivity index (χ2v) is 4.97. The first kappa shape index (κ1) is 14.1. The fraction of sp³-hybridized carbons (Fsp3) is 0.385. The van der Waals surface area contributed by atoms with Gasteiger partial charge in [-0.25, -0.2) is 4.98 Å². The van der Waals surface area contributed by atoms with E-state index < -0.39 is 0 Å². The van der Waals surface area contributed by atoms with Crippen molar-refractivity contribution in [2.75, 3.05) is 26.4 Å². The number of ether oxygens (including phenoxy) is 1. The van der Waals surface area contributed by atoms with Crippen LogP contribution in [-0.4, -0.2) is 41.4 Å². The Hall–Kier alpha value is -1.34. The lowest BCUT2D eigenvalue weighted by Crippen LogP contribution is -2.19. The van der Waals surface area contributed by atoms with Gasteiger partial charge in [0, 0.05) is 30.4 Å². The second-order valence-electron chi connectivity index (χ2n) is 3.86. The van der Waals surface area contributed by atoms with Gasteiger partial charge < -0.3 is 15.2 Å². The van der Waals surface area contributed by atoms with Crippen LogP contribution in [0.4, 0.5) is 0 Å². The minimum atomic E-state index is 0.0717. The molecule has 6 heteroatoms. The third kappa shape index (κ3) is 4.68. The maximum Gasteiger partial charge on any atom is 0.142 e. The van der Waals surface area contributed by atoms with Crippen molar-refractivity contribution in [3.05, 3.63) is 35.5 Å². The van der Waals surface area contributed by atoms with E-state index >= 15 is 0 Å². The molecular formula is C13H17N3O2S. The molecule has 2 heterocycles. The van der Waals surface area contributed by atoms with Gasteiger partial charge in [-0.1, -0.05) is 6.07 Å². The van der Waals surface area contributed by atoms with E-state index in [9.17, 15) is 0 Å². The maximum atomic E-state index is 8.55. The number of nitrogens with zero attached hydrogens (tertiary/aromatic N) is 2. The molecule has 0 aliphatic heterocycles. The highest BCUT2D eigenvalue weighted by Crippen LogP contribution is 2.22. The van der Waals surface area contributed by atoms with Crippen LogP contribution < -0.4 is 5.32 Å². The average molecular weight is 279 g/mol. The zero-order chi connectivity index (χ0) is 13.3. The van der Waals surface area contributed by atoms with Crippen molar-refractivity contribution in [1.82, 2.24) is 15.3 Å². The first-order valence-electron chi connectivity index (χ1n) is 6.15. The van der Waals surface area contributed by atoms with E-state index in [1.165, 1.54) is 4.88 Å². The molecule has 2 aromatic heterocycles. The lowest BCUT2D eigenvalue weighted by atomic mass is 10.4. The summed E-state index contributed by atoms with van der Waals surface area (Å²) in [6, 6.07) is 5.81. The highest BCUT2D eigenvalue weighted by Gasteiger charge is 2.04. The van der Waals surface area contributed by atoms with Crippen LogP contribution in [0.3, 0.4) is 0 Å². The number of hydrogen-bond donors (Lipinski definition) is 2. The van der Waals surface area contributed by atoms with Crippen molar-refractivity contribution in [1.29, 1.82) is 0 Å². The van der Waals surface area contributed by atoms with Gasteiger partial charge >= 0.3 is 0 Å². The van der Waals surface area contributed by atoms with E-state index in [2.05, 4.69) is 15.3 Å². The average Bonchev–Trinajstić information content (AvgIpc) is 2.92. The standard InChI is InChI=1S/C13H17N3O2S/c17-6-8-18-7-5-14-9-11-10-16-13(19-11)12-3-1-2-4-15-12/h1-4,10,14,17H,5-9H2. The van der Waals surface area contributed by atoms with Crippen LogP contribution in [0.5, 0.6) is 0 Å². The molecule has 0 saturated carbocycles. The molecule has 0 atom stereocenters. The number of aliphatic hydroxyl groups excluding tert-OH is 1. The normalized spacial score (nSPS) is 10.8. The van der Waals surface area contributed by atoms with Gasteiger partial charge in [0.15, 0.2) is 0 Å². The van der Waals surface area contributed by atoms with Crippen molar-refractivity contribution in [2.45, 2.75) is 6.54 Å². The van der Waals surface area contributed by atoms with Gasteiger partial charge in [0.25, 0.3) is 0 Å². The minimum Gasteiger partial charge on any atom is -0.394 e. The topological polar surface area (TPSA) is 67.3 Å². The number of aromatic nitrogens is 2. The molecule has 2 aromatic rings. The van der Waals surface area contributed by atoms with E-state index in [-0.39, 0.29) is 6.61 Å². The van der Waals surface area contributed by atoms with Crippen LogP contribution in [-0.2, 0) is 11.3 Å². The van der Waals surface area contributed by atoms with Gasteiger partial charge in [-0.3, -0.25) is 4.98 Å². The molecule has 0 spiro atoms. The molecule has 0 aromatic carbocycles. The summed E-state index contributed by atoms with van der Waals surface area (Å²) in [5, 5.41) is 12.8. The summed E-state index contributed by atoms with van der Waals surface area (Å²) in [5.74, 6) is 0. The molecule has 0 radical (unpaired) electrons. The van der Waals surface area contributed by atoms with Gasteiger partial charge in [-0.05, 0) is 12.1 Å². The number of pyridine rings is 1. The molecule has 0 aliphatic rings. The molecule has 0 saturated heterocycles. The highest BCUT2D eigenvalue weighted by molar-refractivity contribution is 7.14. The van der Waals surface area contributed by atoms with Crippen LogP contribution in [0.15, 0.2) is 30.6 Å². The van der Waals surface area contributed by atoms with Gasteiger partial charge in [-0.2, -0.15) is 0 Å². The van der Waals surface area contributed by atoms with Crippen molar-refractivity contribution >= 4 is 11.3 Å². The molecular weight excluding hydrogens is 262 g/mol. The van der Waals surface area contributed by atoms with Crippen LogP contribution in [0.1, 0.15) is 4.88 Å². The van der Waals surface area contributed by atoms with Crippen LogP contribution in [0.2, 0.25) is 0 Å². The monoisotopic (exact) mass is 279 g/mol.